The summed E-state index contributed by atoms with van der Waals surface area (Å²) in [6.07, 6.45) is 12.2. The van der Waals surface area contributed by atoms with Gasteiger partial charge in [-0.05, 0) is 23.6 Å². The zero-order chi connectivity index (χ0) is 15.8. The number of aryl methyl sites for hydroxylation is 1. The lowest BCUT2D eigenvalue weighted by atomic mass is 10.1. The van der Waals surface area contributed by atoms with Crippen LogP contribution in [0.15, 0.2) is 39.1 Å². The SMILES string of the molecule is O=C(O)CCc1cc2c(cn1)=CC=Cc1c3c(oc1=2)=CC=CS3. The van der Waals surface area contributed by atoms with Crippen LogP contribution in [0.4, 0.5) is 0 Å². The van der Waals surface area contributed by atoms with Crippen molar-refractivity contribution in [2.75, 3.05) is 0 Å². The second kappa shape index (κ2) is 5.59. The molecule has 5 heteroatoms. The average Bonchev–Trinajstić information content (AvgIpc) is 2.83. The largest absolute Gasteiger partial charge is 0.481 e. The van der Waals surface area contributed by atoms with Gasteiger partial charge in [-0.15, -0.1) is 0 Å². The Bertz CT molecular complexity index is 1080. The number of aliphatic carboxylic acids is 1. The molecule has 0 spiro atoms. The van der Waals surface area contributed by atoms with Crippen LogP contribution < -0.4 is 10.6 Å². The highest BCUT2D eigenvalue weighted by molar-refractivity contribution is 8.02. The molecule has 0 saturated carbocycles. The number of carboxylic acid groups (broad SMARTS) is 1. The number of carbonyl (C=O) groups is 1. The van der Waals surface area contributed by atoms with Crippen LogP contribution in [0, 0.1) is 10.6 Å². The van der Waals surface area contributed by atoms with Crippen LogP contribution in [-0.4, -0.2) is 16.1 Å². The summed E-state index contributed by atoms with van der Waals surface area (Å²) < 4.78 is 6.07. The number of pyridine rings is 1. The van der Waals surface area contributed by atoms with Gasteiger partial charge in [0.05, 0.1) is 11.3 Å². The lowest BCUT2D eigenvalue weighted by Gasteiger charge is -1.98. The van der Waals surface area contributed by atoms with Crippen molar-refractivity contribution in [2.24, 2.45) is 0 Å². The predicted octanol–water partition coefficient (Wildman–Crippen LogP) is 2.19. The zero-order valence-corrected chi connectivity index (χ0v) is 13.0. The highest BCUT2D eigenvalue weighted by Gasteiger charge is 2.13. The van der Waals surface area contributed by atoms with Crippen molar-refractivity contribution in [3.63, 3.8) is 0 Å². The van der Waals surface area contributed by atoms with Gasteiger partial charge in [0.15, 0.2) is 0 Å². The Labute approximate surface area is 135 Å². The highest BCUT2D eigenvalue weighted by Crippen LogP contribution is 2.26. The third-order valence-corrected chi connectivity index (χ3v) is 4.76. The molecule has 2 aliphatic rings. The van der Waals surface area contributed by atoms with Gasteiger partial charge in [-0.1, -0.05) is 30.0 Å². The molecule has 0 bridgehead atoms. The van der Waals surface area contributed by atoms with E-state index in [1.165, 1.54) is 0 Å². The lowest BCUT2D eigenvalue weighted by molar-refractivity contribution is -0.136. The number of allylic oxidation sites excluding steroid dienone is 2. The number of aromatic nitrogens is 1. The molecule has 0 saturated heterocycles. The number of hydrogen-bond donors (Lipinski definition) is 1. The van der Waals surface area contributed by atoms with Crippen LogP contribution >= 0.6 is 11.8 Å². The first-order valence-corrected chi connectivity index (χ1v) is 8.16. The molecule has 2 aromatic heterocycles. The maximum absolute atomic E-state index is 10.8. The fourth-order valence-corrected chi connectivity index (χ4v) is 3.53. The summed E-state index contributed by atoms with van der Waals surface area (Å²) >= 11 is 1.65. The van der Waals surface area contributed by atoms with Gasteiger partial charge in [0.1, 0.15) is 10.8 Å². The van der Waals surface area contributed by atoms with E-state index in [0.29, 0.717) is 6.42 Å². The monoisotopic (exact) mass is 323 g/mol. The normalized spacial score (nSPS) is 14.1. The summed E-state index contributed by atoms with van der Waals surface area (Å²) in [6.45, 7) is 0. The third kappa shape index (κ3) is 2.53. The van der Waals surface area contributed by atoms with E-state index in [2.05, 4.69) is 11.1 Å². The van der Waals surface area contributed by atoms with E-state index in [0.717, 1.165) is 37.4 Å². The molecular weight excluding hydrogens is 310 g/mol. The molecule has 114 valence electrons. The molecular formula is C18H13NO3S. The Morgan fingerprint density at radius 1 is 1.30 bits per heavy atom. The van der Waals surface area contributed by atoms with Gasteiger partial charge in [-0.3, -0.25) is 9.78 Å². The van der Waals surface area contributed by atoms with E-state index in [9.17, 15) is 4.79 Å². The van der Waals surface area contributed by atoms with Crippen molar-refractivity contribution in [3.8, 4) is 0 Å². The molecule has 0 atom stereocenters. The summed E-state index contributed by atoms with van der Waals surface area (Å²) in [5.74, 6) is -0.818. The molecule has 4 nitrogen and oxygen atoms in total. The van der Waals surface area contributed by atoms with Crippen LogP contribution in [0.3, 0.4) is 0 Å². The van der Waals surface area contributed by atoms with Crippen LogP contribution in [0.5, 0.6) is 0 Å². The van der Waals surface area contributed by atoms with E-state index in [1.54, 1.807) is 18.0 Å². The van der Waals surface area contributed by atoms with Crippen molar-refractivity contribution in [1.82, 2.24) is 4.98 Å². The molecule has 2 aromatic rings. The Hall–Kier alpha value is -2.53. The molecule has 23 heavy (non-hydrogen) atoms. The van der Waals surface area contributed by atoms with Crippen LogP contribution in [0.25, 0.3) is 18.2 Å². The number of nitrogens with zero attached hydrogens (tertiary/aromatic N) is 1. The minimum atomic E-state index is -0.818. The first kappa shape index (κ1) is 14.1. The molecule has 1 aliphatic carbocycles. The van der Waals surface area contributed by atoms with E-state index in [-0.39, 0.29) is 6.42 Å². The average molecular weight is 323 g/mol. The summed E-state index contributed by atoms with van der Waals surface area (Å²) in [7, 11) is 0. The quantitative estimate of drug-likeness (QED) is 0.938. The summed E-state index contributed by atoms with van der Waals surface area (Å²) in [6, 6.07) is 1.94. The Morgan fingerprint density at radius 3 is 3.09 bits per heavy atom. The van der Waals surface area contributed by atoms with Crippen molar-refractivity contribution < 1.29 is 14.3 Å². The Kier molecular flexibility index (Phi) is 3.42. The number of rotatable bonds is 3. The van der Waals surface area contributed by atoms with Gasteiger partial charge in [0, 0.05) is 34.3 Å². The van der Waals surface area contributed by atoms with Crippen LogP contribution in [-0.2, 0) is 11.2 Å². The minimum absolute atomic E-state index is 0.0722. The fourth-order valence-electron chi connectivity index (χ4n) is 2.72. The van der Waals surface area contributed by atoms with Gasteiger partial charge >= 0.3 is 5.97 Å². The number of carboxylic acids is 1. The molecule has 1 aliphatic heterocycles. The summed E-state index contributed by atoms with van der Waals surface area (Å²) in [5, 5.41) is 12.8. The summed E-state index contributed by atoms with van der Waals surface area (Å²) in [4.78, 5) is 16.3. The first-order valence-electron chi connectivity index (χ1n) is 7.28. The highest BCUT2D eigenvalue weighted by atomic mass is 32.2. The van der Waals surface area contributed by atoms with E-state index in [4.69, 9.17) is 9.52 Å². The molecule has 0 unspecified atom stereocenters. The standard InChI is InChI=1S/C18H13NO3S/c20-16(21)7-6-12-9-14-11(10-19-12)3-1-4-13-17(14)22-15-5-2-8-23-18(13)15/h1-5,8-10H,6-7H2,(H,20,21). The predicted molar refractivity (Wildman–Crippen MR) is 88.8 cm³/mol. The van der Waals surface area contributed by atoms with E-state index < -0.39 is 5.97 Å². The lowest BCUT2D eigenvalue weighted by Crippen LogP contribution is -2.08. The molecule has 1 N–H and O–H groups in total. The number of furan rings is 1. The van der Waals surface area contributed by atoms with Crippen molar-refractivity contribution >= 4 is 36.0 Å². The number of hydrogen-bond acceptors (Lipinski definition) is 4. The molecule has 0 radical (unpaired) electrons. The third-order valence-electron chi connectivity index (χ3n) is 3.81. The summed E-state index contributed by atoms with van der Waals surface area (Å²) in [5.41, 5.74) is 3.51. The van der Waals surface area contributed by atoms with Gasteiger partial charge in [-0.25, -0.2) is 0 Å². The van der Waals surface area contributed by atoms with Gasteiger partial charge < -0.3 is 9.52 Å². The number of thioether (sulfide) groups is 1. The van der Waals surface area contributed by atoms with Crippen molar-refractivity contribution in [1.29, 1.82) is 0 Å². The zero-order valence-electron chi connectivity index (χ0n) is 12.2. The van der Waals surface area contributed by atoms with Gasteiger partial charge in [-0.2, -0.15) is 0 Å². The molecule has 0 fully saturated rings. The van der Waals surface area contributed by atoms with Crippen molar-refractivity contribution in [3.05, 3.63) is 62.3 Å². The topological polar surface area (TPSA) is 63.3 Å². The maximum Gasteiger partial charge on any atom is 0.303 e. The van der Waals surface area contributed by atoms with Gasteiger partial charge in [0.25, 0.3) is 0 Å². The van der Waals surface area contributed by atoms with Crippen LogP contribution in [0.2, 0.25) is 0 Å². The molecule has 4 rings (SSSR count). The first-order chi connectivity index (χ1) is 11.2. The second-order valence-corrected chi connectivity index (χ2v) is 6.25. The fraction of sp³-hybridized carbons (Fsp3) is 0.111. The van der Waals surface area contributed by atoms with Gasteiger partial charge in [0.2, 0.25) is 0 Å². The van der Waals surface area contributed by atoms with Crippen LogP contribution in [0.1, 0.15) is 17.7 Å². The smallest absolute Gasteiger partial charge is 0.303 e. The Morgan fingerprint density at radius 2 is 2.22 bits per heavy atom. The van der Waals surface area contributed by atoms with E-state index >= 15 is 0 Å². The second-order valence-electron chi connectivity index (χ2n) is 5.33. The molecule has 0 aromatic carbocycles. The molecule has 3 heterocycles. The Balaban J connectivity index is 2.01. The maximum atomic E-state index is 10.8. The minimum Gasteiger partial charge on any atom is -0.481 e. The molecule has 0 amide bonds. The number of fused-ring (bicyclic) bond motifs is 4. The van der Waals surface area contributed by atoms with E-state index in [1.807, 2.05) is 35.8 Å². The van der Waals surface area contributed by atoms with Crippen molar-refractivity contribution in [2.45, 2.75) is 17.7 Å².